The number of amides is 1. The molecule has 11 heteroatoms. The van der Waals surface area contributed by atoms with Crippen LogP contribution in [0.4, 0.5) is 5.69 Å². The molecule has 10 nitrogen and oxygen atoms in total. The third kappa shape index (κ3) is 7.07. The number of hydrogen-bond acceptors (Lipinski definition) is 8. The number of nitrogens with zero attached hydrogens (tertiary/aromatic N) is 2. The lowest BCUT2D eigenvalue weighted by atomic mass is 10.1. The molecule has 0 unspecified atom stereocenters. The van der Waals surface area contributed by atoms with E-state index in [4.69, 9.17) is 9.47 Å². The van der Waals surface area contributed by atoms with Gasteiger partial charge in [0, 0.05) is 11.6 Å². The van der Waals surface area contributed by atoms with Gasteiger partial charge in [0.25, 0.3) is 5.69 Å². The van der Waals surface area contributed by atoms with Gasteiger partial charge in [0.1, 0.15) is 0 Å². The second-order valence-corrected chi connectivity index (χ2v) is 6.84. The van der Waals surface area contributed by atoms with Crippen LogP contribution in [0, 0.1) is 10.1 Å². The number of hydrazone groups is 1. The number of carbonyl (C=O) groups is 2. The van der Waals surface area contributed by atoms with Crippen molar-refractivity contribution in [3.63, 3.8) is 0 Å². The van der Waals surface area contributed by atoms with E-state index in [1.807, 2.05) is 0 Å². The van der Waals surface area contributed by atoms with Crippen LogP contribution >= 0.6 is 15.9 Å². The normalized spacial score (nSPS) is 10.5. The van der Waals surface area contributed by atoms with Crippen molar-refractivity contribution >= 4 is 39.7 Å². The first-order valence-electron chi connectivity index (χ1n) is 9.05. The van der Waals surface area contributed by atoms with Gasteiger partial charge in [0.2, 0.25) is 5.91 Å². The molecule has 0 heterocycles. The minimum atomic E-state index is -0.540. The van der Waals surface area contributed by atoms with Gasteiger partial charge in [-0.05, 0) is 40.5 Å². The molecule has 0 bridgehead atoms. The van der Waals surface area contributed by atoms with Crippen molar-refractivity contribution in [3.05, 3.63) is 62.1 Å². The molecule has 1 N–H and O–H groups in total. The molecule has 0 atom stereocenters. The van der Waals surface area contributed by atoms with E-state index in [0.717, 1.165) is 0 Å². The molecule has 2 rings (SSSR count). The Morgan fingerprint density at radius 3 is 2.68 bits per heavy atom. The maximum Gasteiger partial charge on any atom is 0.343 e. The van der Waals surface area contributed by atoms with Crippen molar-refractivity contribution < 1.29 is 28.7 Å². The number of methoxy groups -OCH3 is 1. The van der Waals surface area contributed by atoms with Crippen LogP contribution in [0.3, 0.4) is 0 Å². The Labute approximate surface area is 186 Å². The first-order chi connectivity index (χ1) is 14.8. The van der Waals surface area contributed by atoms with E-state index in [9.17, 15) is 19.7 Å². The quantitative estimate of drug-likeness (QED) is 0.233. The second-order valence-electron chi connectivity index (χ2n) is 5.98. The third-order valence-corrected chi connectivity index (χ3v) is 4.42. The highest BCUT2D eigenvalue weighted by molar-refractivity contribution is 9.10. The third-order valence-electron chi connectivity index (χ3n) is 3.84. The number of para-hydroxylation sites is 1. The summed E-state index contributed by atoms with van der Waals surface area (Å²) in [5.41, 5.74) is 3.07. The number of esters is 1. The summed E-state index contributed by atoms with van der Waals surface area (Å²) < 4.78 is 16.1. The summed E-state index contributed by atoms with van der Waals surface area (Å²) in [6, 6.07) is 9.29. The Balaban J connectivity index is 2.09. The molecule has 0 saturated carbocycles. The van der Waals surface area contributed by atoms with E-state index in [0.29, 0.717) is 28.1 Å². The lowest BCUT2D eigenvalue weighted by Crippen LogP contribution is -2.20. The minimum Gasteiger partial charge on any atom is -0.490 e. The molecular formula is C20H20BrN3O7. The zero-order valence-electron chi connectivity index (χ0n) is 16.8. The van der Waals surface area contributed by atoms with E-state index in [2.05, 4.69) is 31.2 Å². The largest absolute Gasteiger partial charge is 0.490 e. The van der Waals surface area contributed by atoms with Gasteiger partial charge >= 0.3 is 5.97 Å². The molecule has 164 valence electrons. The zero-order valence-corrected chi connectivity index (χ0v) is 18.4. The molecule has 0 aliphatic rings. The Hall–Kier alpha value is -3.47. The van der Waals surface area contributed by atoms with Crippen LogP contribution in [-0.4, -0.2) is 43.3 Å². The Bertz CT molecular complexity index is 995. The average molecular weight is 494 g/mol. The average Bonchev–Trinajstić information content (AvgIpc) is 2.73. The van der Waals surface area contributed by atoms with E-state index in [-0.39, 0.29) is 24.3 Å². The van der Waals surface area contributed by atoms with E-state index < -0.39 is 16.8 Å². The summed E-state index contributed by atoms with van der Waals surface area (Å²) >= 11 is 3.36. The van der Waals surface area contributed by atoms with Crippen LogP contribution in [0.2, 0.25) is 0 Å². The van der Waals surface area contributed by atoms with Crippen molar-refractivity contribution in [2.75, 3.05) is 20.3 Å². The zero-order chi connectivity index (χ0) is 22.8. The number of benzene rings is 2. The first-order valence-corrected chi connectivity index (χ1v) is 9.85. The van der Waals surface area contributed by atoms with Crippen LogP contribution in [0.25, 0.3) is 0 Å². The van der Waals surface area contributed by atoms with Gasteiger partial charge < -0.3 is 14.2 Å². The number of carbonyl (C=O) groups excluding carboxylic acids is 2. The first kappa shape index (κ1) is 23.8. The molecule has 2 aromatic carbocycles. The molecule has 31 heavy (non-hydrogen) atoms. The fourth-order valence-electron chi connectivity index (χ4n) is 2.49. The molecule has 0 fully saturated rings. The molecule has 0 aliphatic carbocycles. The SMILES string of the molecule is CCOc1cc(/C=N/NC(=O)Cc2ccccc2[N+](=O)[O-])cc(Br)c1OCC(=O)OC. The Kier molecular flexibility index (Phi) is 8.94. The maximum atomic E-state index is 12.1. The van der Waals surface area contributed by atoms with Gasteiger partial charge in [0.05, 0.1) is 35.7 Å². The van der Waals surface area contributed by atoms with Crippen molar-refractivity contribution in [2.45, 2.75) is 13.3 Å². The number of halogens is 1. The standard InChI is InChI=1S/C20H20BrN3O7/c1-3-30-17-9-13(8-15(21)20(17)31-12-19(26)29-2)11-22-23-18(25)10-14-6-4-5-7-16(14)24(27)28/h4-9,11H,3,10,12H2,1-2H3,(H,23,25)/b22-11+. The number of nitro benzene ring substituents is 1. The number of rotatable bonds is 10. The van der Waals surface area contributed by atoms with Crippen molar-refractivity contribution in [3.8, 4) is 11.5 Å². The fourth-order valence-corrected chi connectivity index (χ4v) is 3.06. The lowest BCUT2D eigenvalue weighted by molar-refractivity contribution is -0.385. The highest BCUT2D eigenvalue weighted by Crippen LogP contribution is 2.36. The fraction of sp³-hybridized carbons (Fsp3) is 0.250. The summed E-state index contributed by atoms with van der Waals surface area (Å²) in [5.74, 6) is -0.354. The van der Waals surface area contributed by atoms with Crippen molar-refractivity contribution in [1.29, 1.82) is 0 Å². The summed E-state index contributed by atoms with van der Waals surface area (Å²) in [6.07, 6.45) is 1.19. The Morgan fingerprint density at radius 2 is 2.00 bits per heavy atom. The number of nitro groups is 1. The molecule has 2 aromatic rings. The van der Waals surface area contributed by atoms with Gasteiger partial charge in [-0.1, -0.05) is 18.2 Å². The van der Waals surface area contributed by atoms with Crippen molar-refractivity contribution in [2.24, 2.45) is 5.10 Å². The molecule has 0 radical (unpaired) electrons. The van der Waals surface area contributed by atoms with Crippen LogP contribution in [0.15, 0.2) is 46.0 Å². The number of nitrogens with one attached hydrogen (secondary N) is 1. The lowest BCUT2D eigenvalue weighted by Gasteiger charge is -2.13. The molecule has 0 spiro atoms. The summed E-state index contributed by atoms with van der Waals surface area (Å²) in [7, 11) is 1.26. The van der Waals surface area contributed by atoms with Crippen LogP contribution in [0.1, 0.15) is 18.1 Å². The summed E-state index contributed by atoms with van der Waals surface area (Å²) in [4.78, 5) is 33.9. The second kappa shape index (κ2) is 11.6. The maximum absolute atomic E-state index is 12.1. The van der Waals surface area contributed by atoms with Gasteiger partial charge in [0.15, 0.2) is 18.1 Å². The summed E-state index contributed by atoms with van der Waals surface area (Å²) in [5, 5.41) is 14.9. The molecule has 0 aliphatic heterocycles. The Morgan fingerprint density at radius 1 is 1.26 bits per heavy atom. The highest BCUT2D eigenvalue weighted by atomic mass is 79.9. The van der Waals surface area contributed by atoms with Gasteiger partial charge in [-0.2, -0.15) is 5.10 Å². The summed E-state index contributed by atoms with van der Waals surface area (Å²) in [6.45, 7) is 1.86. The predicted molar refractivity (Wildman–Crippen MR) is 115 cm³/mol. The van der Waals surface area contributed by atoms with E-state index >= 15 is 0 Å². The molecule has 1 amide bonds. The van der Waals surface area contributed by atoms with Crippen LogP contribution in [0.5, 0.6) is 11.5 Å². The number of ether oxygens (including phenoxy) is 3. The predicted octanol–water partition coefficient (Wildman–Crippen LogP) is 3.00. The molecule has 0 saturated heterocycles. The van der Waals surface area contributed by atoms with Crippen LogP contribution in [-0.2, 0) is 20.7 Å². The number of hydrogen-bond donors (Lipinski definition) is 1. The smallest absolute Gasteiger partial charge is 0.343 e. The van der Waals surface area contributed by atoms with Gasteiger partial charge in [-0.15, -0.1) is 0 Å². The van der Waals surface area contributed by atoms with Gasteiger partial charge in [-0.25, -0.2) is 10.2 Å². The monoisotopic (exact) mass is 493 g/mol. The van der Waals surface area contributed by atoms with E-state index in [1.165, 1.54) is 31.5 Å². The van der Waals surface area contributed by atoms with Crippen LogP contribution < -0.4 is 14.9 Å². The van der Waals surface area contributed by atoms with Gasteiger partial charge in [-0.3, -0.25) is 14.9 Å². The topological polar surface area (TPSA) is 129 Å². The minimum absolute atomic E-state index is 0.130. The van der Waals surface area contributed by atoms with E-state index in [1.54, 1.807) is 25.1 Å². The highest BCUT2D eigenvalue weighted by Gasteiger charge is 2.16. The molecular weight excluding hydrogens is 474 g/mol. The van der Waals surface area contributed by atoms with Crippen molar-refractivity contribution in [1.82, 2.24) is 5.43 Å². The molecule has 0 aromatic heterocycles.